The van der Waals surface area contributed by atoms with Crippen molar-refractivity contribution in [2.45, 2.75) is 5.41 Å². The Morgan fingerprint density at radius 3 is 1.24 bits per heavy atom. The van der Waals surface area contributed by atoms with Crippen LogP contribution in [0.1, 0.15) is 22.3 Å². The molecule has 0 N–H and O–H groups in total. The molecule has 0 heterocycles. The van der Waals surface area contributed by atoms with E-state index in [1.807, 2.05) is 0 Å². The van der Waals surface area contributed by atoms with Crippen molar-refractivity contribution in [1.82, 2.24) is 0 Å². The molecule has 0 saturated heterocycles. The minimum Gasteiger partial charge on any atom is -0.310 e. The van der Waals surface area contributed by atoms with E-state index in [2.05, 4.69) is 217 Å². The summed E-state index contributed by atoms with van der Waals surface area (Å²) in [5, 5.41) is 5.07. The fourth-order valence-electron chi connectivity index (χ4n) is 10.6. The molecule has 10 aromatic carbocycles. The van der Waals surface area contributed by atoms with Crippen molar-refractivity contribution in [3.8, 4) is 55.6 Å². The second-order valence-corrected chi connectivity index (χ2v) is 16.0. The van der Waals surface area contributed by atoms with Crippen LogP contribution in [0.25, 0.3) is 77.2 Å². The topological polar surface area (TPSA) is 3.24 Å². The highest BCUT2D eigenvalue weighted by atomic mass is 15.1. The van der Waals surface area contributed by atoms with Gasteiger partial charge in [0.05, 0.1) is 5.41 Å². The molecule has 1 heteroatoms. The number of rotatable bonds is 4. The molecule has 3 aliphatic carbocycles. The van der Waals surface area contributed by atoms with E-state index in [4.69, 9.17) is 0 Å². The van der Waals surface area contributed by atoms with Crippen LogP contribution < -0.4 is 4.90 Å². The summed E-state index contributed by atoms with van der Waals surface area (Å²) in [6.45, 7) is 0. The van der Waals surface area contributed by atoms with Crippen molar-refractivity contribution in [1.29, 1.82) is 0 Å². The van der Waals surface area contributed by atoms with Gasteiger partial charge in [0.2, 0.25) is 0 Å². The lowest BCUT2D eigenvalue weighted by Gasteiger charge is -2.32. The van der Waals surface area contributed by atoms with Gasteiger partial charge in [-0.3, -0.25) is 0 Å². The van der Waals surface area contributed by atoms with Gasteiger partial charge < -0.3 is 4.90 Å². The average molecular weight is 734 g/mol. The second kappa shape index (κ2) is 11.8. The third-order valence-corrected chi connectivity index (χ3v) is 13.2. The molecule has 1 spiro atoms. The fourth-order valence-corrected chi connectivity index (χ4v) is 10.6. The molecule has 1 nitrogen and oxygen atoms in total. The van der Waals surface area contributed by atoms with Crippen LogP contribution in [0.15, 0.2) is 212 Å². The molecule has 0 amide bonds. The highest BCUT2D eigenvalue weighted by molar-refractivity contribution is 6.12. The van der Waals surface area contributed by atoms with Gasteiger partial charge in [-0.25, -0.2) is 0 Å². The Balaban J connectivity index is 1.02. The van der Waals surface area contributed by atoms with E-state index in [0.717, 1.165) is 17.1 Å². The van der Waals surface area contributed by atoms with E-state index in [-0.39, 0.29) is 0 Å². The third-order valence-electron chi connectivity index (χ3n) is 13.2. The summed E-state index contributed by atoms with van der Waals surface area (Å²) in [5.74, 6) is 0. The lowest BCUT2D eigenvalue weighted by molar-refractivity contribution is 0.793. The van der Waals surface area contributed by atoms with Crippen LogP contribution in [-0.4, -0.2) is 0 Å². The van der Waals surface area contributed by atoms with Crippen LogP contribution in [-0.2, 0) is 5.41 Å². The summed E-state index contributed by atoms with van der Waals surface area (Å²) >= 11 is 0. The second-order valence-electron chi connectivity index (χ2n) is 16.0. The molecule has 268 valence electrons. The largest absolute Gasteiger partial charge is 0.310 e. The number of anilines is 3. The molecule has 0 aromatic heterocycles. The Morgan fingerprint density at radius 2 is 0.655 bits per heavy atom. The van der Waals surface area contributed by atoms with Crippen molar-refractivity contribution in [2.75, 3.05) is 4.90 Å². The number of hydrogen-bond donors (Lipinski definition) is 0. The van der Waals surface area contributed by atoms with Crippen LogP contribution in [0.4, 0.5) is 17.1 Å². The van der Waals surface area contributed by atoms with Crippen molar-refractivity contribution < 1.29 is 0 Å². The van der Waals surface area contributed by atoms with E-state index in [1.165, 1.54) is 99.4 Å². The van der Waals surface area contributed by atoms with Crippen molar-refractivity contribution in [2.24, 2.45) is 0 Å². The van der Waals surface area contributed by atoms with Crippen LogP contribution in [0, 0.1) is 0 Å². The summed E-state index contributed by atoms with van der Waals surface area (Å²) in [6.07, 6.45) is 0. The quantitative estimate of drug-likeness (QED) is 0.174. The van der Waals surface area contributed by atoms with Crippen LogP contribution in [0.2, 0.25) is 0 Å². The molecule has 0 atom stereocenters. The zero-order valence-electron chi connectivity index (χ0n) is 31.7. The molecule has 0 unspecified atom stereocenters. The Kier molecular flexibility index (Phi) is 6.43. The van der Waals surface area contributed by atoms with Crippen molar-refractivity contribution in [3.63, 3.8) is 0 Å². The molecule has 58 heavy (non-hydrogen) atoms. The zero-order chi connectivity index (χ0) is 38.0. The van der Waals surface area contributed by atoms with Crippen molar-refractivity contribution in [3.05, 3.63) is 235 Å². The van der Waals surface area contributed by atoms with Gasteiger partial charge in [0.15, 0.2) is 0 Å². The molecule has 0 fully saturated rings. The summed E-state index contributed by atoms with van der Waals surface area (Å²) in [6, 6.07) is 79.3. The predicted molar refractivity (Wildman–Crippen MR) is 242 cm³/mol. The molecule has 0 bridgehead atoms. The summed E-state index contributed by atoms with van der Waals surface area (Å²) < 4.78 is 0. The first kappa shape index (κ1) is 31.7. The van der Waals surface area contributed by atoms with E-state index >= 15 is 0 Å². The van der Waals surface area contributed by atoms with E-state index in [1.54, 1.807) is 0 Å². The van der Waals surface area contributed by atoms with Gasteiger partial charge in [-0.05, 0) is 160 Å². The molecule has 13 rings (SSSR count). The first-order valence-electron chi connectivity index (χ1n) is 20.2. The number of nitrogens with zero attached hydrogens (tertiary/aromatic N) is 1. The van der Waals surface area contributed by atoms with E-state index in [0.29, 0.717) is 0 Å². The average Bonchev–Trinajstić information content (AvgIpc) is 3.76. The molecule has 0 saturated carbocycles. The normalized spacial score (nSPS) is 13.3. The molecular formula is C57H35N. The maximum absolute atomic E-state index is 2.49. The monoisotopic (exact) mass is 733 g/mol. The summed E-state index contributed by atoms with van der Waals surface area (Å²) in [4.78, 5) is 2.46. The molecule has 0 aliphatic heterocycles. The lowest BCUT2D eigenvalue weighted by Crippen LogP contribution is -2.26. The Labute approximate surface area is 337 Å². The van der Waals surface area contributed by atoms with Crippen LogP contribution >= 0.6 is 0 Å². The molecule has 10 aromatic rings. The standard InChI is InChI=1S/C57H35N/c1-2-12-36(13-3-1)37-22-25-42(26-23-37)58(43-27-24-40-33-51-49-31-38-14-4-5-15-39(38)32-50(49)52(51)34-41(40)30-43)44-28-29-48-47-18-8-11-21-55(47)57(56(48)35-44)53-19-9-6-16-45(53)46-17-7-10-20-54(46)57/h1-35H. The lowest BCUT2D eigenvalue weighted by atomic mass is 9.70. The van der Waals surface area contributed by atoms with Gasteiger partial charge in [0.25, 0.3) is 0 Å². The number of fused-ring (bicyclic) bond motifs is 16. The summed E-state index contributed by atoms with van der Waals surface area (Å²) in [7, 11) is 0. The highest BCUT2D eigenvalue weighted by Crippen LogP contribution is 2.63. The highest BCUT2D eigenvalue weighted by Gasteiger charge is 2.51. The summed E-state index contributed by atoms with van der Waals surface area (Å²) in [5.41, 5.74) is 21.4. The van der Waals surface area contributed by atoms with Crippen LogP contribution in [0.3, 0.4) is 0 Å². The fraction of sp³-hybridized carbons (Fsp3) is 0.0175. The maximum atomic E-state index is 2.49. The smallest absolute Gasteiger partial charge is 0.0726 e. The predicted octanol–water partition coefficient (Wildman–Crippen LogP) is 15.1. The number of benzene rings is 10. The number of hydrogen-bond acceptors (Lipinski definition) is 1. The van der Waals surface area contributed by atoms with Gasteiger partial charge in [-0.15, -0.1) is 0 Å². The van der Waals surface area contributed by atoms with E-state index in [9.17, 15) is 0 Å². The first-order valence-corrected chi connectivity index (χ1v) is 20.2. The third kappa shape index (κ3) is 4.25. The molecular weight excluding hydrogens is 699 g/mol. The minimum atomic E-state index is -0.415. The Morgan fingerprint density at radius 1 is 0.241 bits per heavy atom. The molecule has 3 aliphatic rings. The van der Waals surface area contributed by atoms with Gasteiger partial charge in [0.1, 0.15) is 0 Å². The maximum Gasteiger partial charge on any atom is 0.0726 e. The van der Waals surface area contributed by atoms with Gasteiger partial charge in [-0.2, -0.15) is 0 Å². The van der Waals surface area contributed by atoms with Crippen molar-refractivity contribution >= 4 is 38.6 Å². The van der Waals surface area contributed by atoms with Crippen LogP contribution in [0.5, 0.6) is 0 Å². The SMILES string of the molecule is c1ccc(-c2ccc(N(c3ccc4c(c3)C3(c5ccccc5-c5ccccc53)c3ccccc3-4)c3ccc4cc5c(cc4c3)-c3cc4ccccc4cc3-5)cc2)cc1. The first-order chi connectivity index (χ1) is 28.7. The van der Waals surface area contributed by atoms with E-state index < -0.39 is 5.41 Å². The van der Waals surface area contributed by atoms with Gasteiger partial charge in [-0.1, -0.05) is 152 Å². The van der Waals surface area contributed by atoms with Gasteiger partial charge in [0, 0.05) is 17.1 Å². The molecule has 0 radical (unpaired) electrons. The minimum absolute atomic E-state index is 0.415. The Bertz CT molecular complexity index is 3270. The zero-order valence-corrected chi connectivity index (χ0v) is 31.7. The van der Waals surface area contributed by atoms with Gasteiger partial charge >= 0.3 is 0 Å². The Hall–Kier alpha value is -7.48.